The molecule has 0 spiro atoms. The van der Waals surface area contributed by atoms with Crippen LogP contribution >= 0.6 is 0 Å². The molecule has 0 saturated heterocycles. The molecule has 7 heteroatoms. The topological polar surface area (TPSA) is 83.8 Å². The van der Waals surface area contributed by atoms with Gasteiger partial charge in [0.2, 0.25) is 0 Å². The third kappa shape index (κ3) is 3.86. The van der Waals surface area contributed by atoms with Crippen molar-refractivity contribution in [3.63, 3.8) is 0 Å². The number of aromatic carboxylic acids is 1. The van der Waals surface area contributed by atoms with E-state index in [2.05, 4.69) is 4.40 Å². The summed E-state index contributed by atoms with van der Waals surface area (Å²) in [4.78, 5) is 10.4. The monoisotopic (exact) mass is 231 g/mol. The van der Waals surface area contributed by atoms with Crippen LogP contribution in [0.1, 0.15) is 15.9 Å². The molecular weight excluding hydrogens is 225 g/mol. The predicted molar refractivity (Wildman–Crippen MR) is 51.0 cm³/mol. The average Bonchev–Trinajstić information content (AvgIpc) is 2.14. The molecule has 1 aromatic carbocycles. The van der Waals surface area contributed by atoms with Crippen LogP contribution < -0.4 is 0 Å². The summed E-state index contributed by atoms with van der Waals surface area (Å²) in [6.45, 7) is 0. The van der Waals surface area contributed by atoms with E-state index in [9.17, 15) is 17.1 Å². The summed E-state index contributed by atoms with van der Waals surface area (Å²) in [5.74, 6) is -1.10. The molecule has 1 aromatic rings. The van der Waals surface area contributed by atoms with Crippen molar-refractivity contribution in [1.29, 1.82) is 0 Å². The van der Waals surface area contributed by atoms with Crippen LogP contribution in [-0.4, -0.2) is 25.7 Å². The summed E-state index contributed by atoms with van der Waals surface area (Å²) in [6.07, 6.45) is 0.793. The highest BCUT2D eigenvalue weighted by atomic mass is 32.3. The molecule has 80 valence electrons. The highest BCUT2D eigenvalue weighted by Gasteiger charge is 2.02. The van der Waals surface area contributed by atoms with Crippen LogP contribution in [0.15, 0.2) is 28.7 Å². The number of carboxylic acid groups (broad SMARTS) is 1. The highest BCUT2D eigenvalue weighted by molar-refractivity contribution is 7.85. The Bertz CT molecular complexity index is 492. The molecule has 0 aliphatic heterocycles. The molecule has 1 N–H and O–H groups in total. The smallest absolute Gasteiger partial charge is 0.417 e. The second-order valence-corrected chi connectivity index (χ2v) is 3.61. The summed E-state index contributed by atoms with van der Waals surface area (Å²) in [6, 6.07) is 5.15. The Morgan fingerprint density at radius 3 is 2.27 bits per heavy atom. The van der Waals surface area contributed by atoms with Gasteiger partial charge in [0.1, 0.15) is 0 Å². The maximum absolute atomic E-state index is 12.0. The zero-order valence-corrected chi connectivity index (χ0v) is 8.11. The van der Waals surface area contributed by atoms with E-state index in [0.717, 1.165) is 6.21 Å². The first-order valence-electron chi connectivity index (χ1n) is 3.72. The maximum atomic E-state index is 12.0. The third-order valence-corrected chi connectivity index (χ3v) is 1.84. The van der Waals surface area contributed by atoms with E-state index in [1.54, 1.807) is 0 Å². The van der Waals surface area contributed by atoms with Gasteiger partial charge in [-0.1, -0.05) is 16.0 Å². The molecule has 0 radical (unpaired) electrons. The minimum Gasteiger partial charge on any atom is -0.478 e. The Morgan fingerprint density at radius 2 is 1.87 bits per heavy atom. The summed E-state index contributed by atoms with van der Waals surface area (Å²) >= 11 is 0. The molecule has 0 amide bonds. The van der Waals surface area contributed by atoms with Gasteiger partial charge >= 0.3 is 16.4 Å². The highest BCUT2D eigenvalue weighted by Crippen LogP contribution is 2.03. The van der Waals surface area contributed by atoms with Crippen molar-refractivity contribution in [2.45, 2.75) is 0 Å². The molecule has 5 nitrogen and oxygen atoms in total. The van der Waals surface area contributed by atoms with E-state index >= 15 is 0 Å². The van der Waals surface area contributed by atoms with E-state index < -0.39 is 16.4 Å². The van der Waals surface area contributed by atoms with Gasteiger partial charge in [0.15, 0.2) is 0 Å². The molecule has 0 heterocycles. The van der Waals surface area contributed by atoms with Crippen LogP contribution in [0.4, 0.5) is 3.89 Å². The minimum atomic E-state index is -4.90. The van der Waals surface area contributed by atoms with Gasteiger partial charge in [0, 0.05) is 0 Å². The van der Waals surface area contributed by atoms with E-state index in [1.807, 2.05) is 0 Å². The summed E-state index contributed by atoms with van der Waals surface area (Å²) < 4.78 is 34.6. The standard InChI is InChI=1S/C8H6FNO4S/c9-15(13,14)10-5-6-1-3-7(4-2-6)8(11)12/h1-5H,(H,11,12). The Balaban J connectivity index is 2.91. The van der Waals surface area contributed by atoms with Gasteiger partial charge in [0.25, 0.3) is 0 Å². The average molecular weight is 231 g/mol. The number of carbonyl (C=O) groups is 1. The number of nitrogens with zero attached hydrogens (tertiary/aromatic N) is 1. The second-order valence-electron chi connectivity index (χ2n) is 2.57. The van der Waals surface area contributed by atoms with Crippen molar-refractivity contribution in [1.82, 2.24) is 0 Å². The Labute approximate surface area is 85.2 Å². The first-order chi connectivity index (χ1) is 6.88. The lowest BCUT2D eigenvalue weighted by atomic mass is 10.1. The van der Waals surface area contributed by atoms with Gasteiger partial charge in [-0.3, -0.25) is 0 Å². The fraction of sp³-hybridized carbons (Fsp3) is 0. The van der Waals surface area contributed by atoms with E-state index in [-0.39, 0.29) is 5.56 Å². The molecule has 0 fully saturated rings. The number of benzene rings is 1. The summed E-state index contributed by atoms with van der Waals surface area (Å²) in [7, 11) is -4.90. The number of rotatable bonds is 3. The fourth-order valence-corrected chi connectivity index (χ4v) is 1.08. The molecule has 0 aliphatic carbocycles. The molecule has 0 atom stereocenters. The zero-order chi connectivity index (χ0) is 11.5. The zero-order valence-electron chi connectivity index (χ0n) is 7.29. The summed E-state index contributed by atoms with van der Waals surface area (Å²) in [5.41, 5.74) is 0.344. The Kier molecular flexibility index (Phi) is 3.15. The van der Waals surface area contributed by atoms with E-state index in [4.69, 9.17) is 5.11 Å². The maximum Gasteiger partial charge on any atom is 0.417 e. The van der Waals surface area contributed by atoms with Crippen LogP contribution in [0.5, 0.6) is 0 Å². The molecular formula is C8H6FNO4S. The quantitative estimate of drug-likeness (QED) is 0.621. The van der Waals surface area contributed by atoms with Crippen molar-refractivity contribution >= 4 is 22.6 Å². The Morgan fingerprint density at radius 1 is 1.33 bits per heavy atom. The molecule has 0 aliphatic rings. The normalized spacial score (nSPS) is 11.8. The van der Waals surface area contributed by atoms with Crippen LogP contribution in [0, 0.1) is 0 Å². The largest absolute Gasteiger partial charge is 0.478 e. The lowest BCUT2D eigenvalue weighted by molar-refractivity contribution is 0.0697. The van der Waals surface area contributed by atoms with Crippen molar-refractivity contribution in [2.75, 3.05) is 0 Å². The molecule has 0 unspecified atom stereocenters. The van der Waals surface area contributed by atoms with Crippen LogP contribution in [0.25, 0.3) is 0 Å². The molecule has 15 heavy (non-hydrogen) atoms. The van der Waals surface area contributed by atoms with Gasteiger partial charge in [0.05, 0.1) is 11.8 Å². The Hall–Kier alpha value is -1.76. The first kappa shape index (κ1) is 11.3. The van der Waals surface area contributed by atoms with Gasteiger partial charge in [-0.2, -0.15) is 8.42 Å². The lowest BCUT2D eigenvalue weighted by Gasteiger charge is -1.94. The molecule has 0 aromatic heterocycles. The van der Waals surface area contributed by atoms with Gasteiger partial charge in [-0.05, 0) is 17.7 Å². The van der Waals surface area contributed by atoms with Crippen molar-refractivity contribution in [3.8, 4) is 0 Å². The van der Waals surface area contributed by atoms with Crippen LogP contribution in [0.3, 0.4) is 0 Å². The van der Waals surface area contributed by atoms with Crippen LogP contribution in [-0.2, 0) is 10.4 Å². The number of hydrogen-bond acceptors (Lipinski definition) is 3. The van der Waals surface area contributed by atoms with Gasteiger partial charge in [-0.15, -0.1) is 4.40 Å². The van der Waals surface area contributed by atoms with Crippen molar-refractivity contribution < 1.29 is 22.2 Å². The second kappa shape index (κ2) is 4.18. The van der Waals surface area contributed by atoms with Crippen molar-refractivity contribution in [3.05, 3.63) is 35.4 Å². The minimum absolute atomic E-state index is 0.0512. The first-order valence-corrected chi connectivity index (χ1v) is 5.06. The van der Waals surface area contributed by atoms with E-state index in [0.29, 0.717) is 5.56 Å². The van der Waals surface area contributed by atoms with Gasteiger partial charge in [-0.25, -0.2) is 4.79 Å². The number of halogens is 1. The van der Waals surface area contributed by atoms with Crippen molar-refractivity contribution in [2.24, 2.45) is 4.40 Å². The number of carboxylic acids is 1. The number of hydrogen-bond donors (Lipinski definition) is 1. The predicted octanol–water partition coefficient (Wildman–Crippen LogP) is 1.02. The molecule has 1 rings (SSSR count). The van der Waals surface area contributed by atoms with Gasteiger partial charge < -0.3 is 5.11 Å². The fourth-order valence-electron chi connectivity index (χ4n) is 0.836. The summed E-state index contributed by atoms with van der Waals surface area (Å²) in [5, 5.41) is 8.55. The molecule has 0 bridgehead atoms. The lowest BCUT2D eigenvalue weighted by Crippen LogP contribution is -1.96. The molecule has 0 saturated carbocycles. The van der Waals surface area contributed by atoms with Crippen LogP contribution in [0.2, 0.25) is 0 Å². The van der Waals surface area contributed by atoms with E-state index in [1.165, 1.54) is 24.3 Å². The third-order valence-electron chi connectivity index (χ3n) is 1.49. The SMILES string of the molecule is O=C(O)c1ccc(C=NS(=O)(=O)F)cc1.